The molecule has 7 nitrogen and oxygen atoms in total. The van der Waals surface area contributed by atoms with E-state index in [1.807, 2.05) is 26.1 Å². The normalized spacial score (nSPS) is 12.4. The fraction of sp³-hybridized carbons (Fsp3) is 0.471. The lowest BCUT2D eigenvalue weighted by molar-refractivity contribution is 0.524. The molecule has 0 aliphatic carbocycles. The van der Waals surface area contributed by atoms with Crippen molar-refractivity contribution in [3.63, 3.8) is 0 Å². The second kappa shape index (κ2) is 5.81. The van der Waals surface area contributed by atoms with Crippen molar-refractivity contribution in [1.82, 2.24) is 23.1 Å². The molecule has 0 radical (unpaired) electrons. The summed E-state index contributed by atoms with van der Waals surface area (Å²) in [6, 6.07) is 0. The molecule has 0 amide bonds. The quantitative estimate of drug-likeness (QED) is 0.684. The highest BCUT2D eigenvalue weighted by Gasteiger charge is 2.19. The molecule has 0 atom stereocenters. The van der Waals surface area contributed by atoms with Gasteiger partial charge in [0.25, 0.3) is 5.56 Å². The molecule has 0 saturated carbocycles. The lowest BCUT2D eigenvalue weighted by Gasteiger charge is -2.08. The third kappa shape index (κ3) is 2.31. The van der Waals surface area contributed by atoms with E-state index in [2.05, 4.69) is 23.4 Å². The summed E-state index contributed by atoms with van der Waals surface area (Å²) in [6.07, 6.45) is 5.53. The molecule has 0 aliphatic heterocycles. The van der Waals surface area contributed by atoms with Gasteiger partial charge in [-0.3, -0.25) is 18.3 Å². The van der Waals surface area contributed by atoms with Gasteiger partial charge in [-0.2, -0.15) is 4.98 Å². The van der Waals surface area contributed by atoms with Gasteiger partial charge in [0.1, 0.15) is 0 Å². The first-order valence-electron chi connectivity index (χ1n) is 8.15. The molecule has 0 N–H and O–H groups in total. The van der Waals surface area contributed by atoms with E-state index >= 15 is 0 Å². The Balaban J connectivity index is 2.41. The fourth-order valence-corrected chi connectivity index (χ4v) is 3.02. The number of nitrogens with zero attached hydrogens (tertiary/aromatic N) is 5. The van der Waals surface area contributed by atoms with Gasteiger partial charge in [0.15, 0.2) is 11.2 Å². The second-order valence-corrected chi connectivity index (χ2v) is 6.56. The molecule has 0 bridgehead atoms. The van der Waals surface area contributed by atoms with E-state index in [4.69, 9.17) is 0 Å². The van der Waals surface area contributed by atoms with Crippen LogP contribution in [0, 0.1) is 12.8 Å². The van der Waals surface area contributed by atoms with Crippen LogP contribution in [-0.2, 0) is 20.1 Å². The van der Waals surface area contributed by atoms with Crippen LogP contribution in [0.4, 0.5) is 0 Å². The topological polar surface area (TPSA) is 66.2 Å². The fourth-order valence-electron chi connectivity index (χ4n) is 3.02. The lowest BCUT2D eigenvalue weighted by Crippen LogP contribution is -2.39. The van der Waals surface area contributed by atoms with Crippen LogP contribution in [0.3, 0.4) is 0 Å². The van der Waals surface area contributed by atoms with E-state index in [1.165, 1.54) is 9.13 Å². The zero-order valence-corrected chi connectivity index (χ0v) is 14.8. The van der Waals surface area contributed by atoms with Crippen LogP contribution in [0.2, 0.25) is 0 Å². The highest BCUT2D eigenvalue weighted by Crippen LogP contribution is 2.17. The number of rotatable bonds is 4. The first-order chi connectivity index (χ1) is 11.4. The maximum atomic E-state index is 12.9. The van der Waals surface area contributed by atoms with Crippen LogP contribution in [-0.4, -0.2) is 23.1 Å². The number of imidazole rings is 2. The first kappa shape index (κ1) is 16.3. The molecular weight excluding hydrogens is 306 g/mol. The Morgan fingerprint density at radius 2 is 1.96 bits per heavy atom. The molecule has 0 unspecified atom stereocenters. The van der Waals surface area contributed by atoms with Crippen molar-refractivity contribution in [2.45, 2.75) is 40.8 Å². The molecule has 3 heterocycles. The van der Waals surface area contributed by atoms with Crippen molar-refractivity contribution in [3.05, 3.63) is 44.9 Å². The SMILES string of the molecule is C/C=C/Cn1c(=O)c2c(nc3n(CC(C)C)c(C)cn23)n(C)c1=O. The summed E-state index contributed by atoms with van der Waals surface area (Å²) in [4.78, 5) is 29.9. The van der Waals surface area contributed by atoms with Crippen LogP contribution in [0.25, 0.3) is 16.9 Å². The van der Waals surface area contributed by atoms with Gasteiger partial charge in [-0.05, 0) is 19.8 Å². The van der Waals surface area contributed by atoms with Gasteiger partial charge in [-0.25, -0.2) is 4.79 Å². The molecule has 0 spiro atoms. The summed E-state index contributed by atoms with van der Waals surface area (Å²) < 4.78 is 6.58. The summed E-state index contributed by atoms with van der Waals surface area (Å²) in [7, 11) is 1.66. The summed E-state index contributed by atoms with van der Waals surface area (Å²) in [6.45, 7) is 9.21. The molecule has 3 aromatic rings. The highest BCUT2D eigenvalue weighted by atomic mass is 16.2. The Morgan fingerprint density at radius 3 is 2.58 bits per heavy atom. The third-order valence-corrected chi connectivity index (χ3v) is 4.21. The van der Waals surface area contributed by atoms with Crippen molar-refractivity contribution in [1.29, 1.82) is 0 Å². The summed E-state index contributed by atoms with van der Waals surface area (Å²) in [5.74, 6) is 1.15. The van der Waals surface area contributed by atoms with Gasteiger partial charge in [-0.15, -0.1) is 0 Å². The van der Waals surface area contributed by atoms with E-state index in [1.54, 1.807) is 17.5 Å². The Kier molecular flexibility index (Phi) is 3.95. The predicted octanol–water partition coefficient (Wildman–Crippen LogP) is 1.69. The minimum Gasteiger partial charge on any atom is -0.314 e. The monoisotopic (exact) mass is 329 g/mol. The third-order valence-electron chi connectivity index (χ3n) is 4.21. The second-order valence-electron chi connectivity index (χ2n) is 6.56. The van der Waals surface area contributed by atoms with Crippen molar-refractivity contribution in [2.75, 3.05) is 0 Å². The number of aryl methyl sites for hydroxylation is 2. The smallest absolute Gasteiger partial charge is 0.314 e. The molecule has 0 aliphatic rings. The van der Waals surface area contributed by atoms with Crippen molar-refractivity contribution >= 4 is 16.9 Å². The van der Waals surface area contributed by atoms with Crippen LogP contribution in [0.5, 0.6) is 0 Å². The summed E-state index contributed by atoms with van der Waals surface area (Å²) in [5, 5.41) is 0. The number of hydrogen-bond acceptors (Lipinski definition) is 3. The van der Waals surface area contributed by atoms with Crippen LogP contribution >= 0.6 is 0 Å². The van der Waals surface area contributed by atoms with Crippen molar-refractivity contribution in [3.8, 4) is 0 Å². The van der Waals surface area contributed by atoms with Crippen LogP contribution in [0.1, 0.15) is 26.5 Å². The molecule has 128 valence electrons. The molecule has 0 fully saturated rings. The van der Waals surface area contributed by atoms with Gasteiger partial charge < -0.3 is 4.57 Å². The maximum Gasteiger partial charge on any atom is 0.332 e. The minimum atomic E-state index is -0.349. The van der Waals surface area contributed by atoms with Crippen molar-refractivity contribution < 1.29 is 0 Å². The largest absolute Gasteiger partial charge is 0.332 e. The maximum absolute atomic E-state index is 12.9. The summed E-state index contributed by atoms with van der Waals surface area (Å²) in [5.41, 5.74) is 1.26. The van der Waals surface area contributed by atoms with Crippen LogP contribution in [0.15, 0.2) is 27.9 Å². The Bertz CT molecular complexity index is 1060. The molecule has 3 rings (SSSR count). The minimum absolute atomic E-state index is 0.261. The average molecular weight is 329 g/mol. The number of allylic oxidation sites excluding steroid dienone is 2. The first-order valence-corrected chi connectivity index (χ1v) is 8.15. The van der Waals surface area contributed by atoms with Gasteiger partial charge in [0.2, 0.25) is 5.78 Å². The van der Waals surface area contributed by atoms with E-state index in [-0.39, 0.29) is 17.8 Å². The summed E-state index contributed by atoms with van der Waals surface area (Å²) >= 11 is 0. The van der Waals surface area contributed by atoms with E-state index in [0.29, 0.717) is 22.9 Å². The van der Waals surface area contributed by atoms with Gasteiger partial charge in [-0.1, -0.05) is 26.0 Å². The standard InChI is InChI=1S/C17H23N5O2/c1-6-7-8-20-15(23)13-14(19(5)17(20)24)18-16-21(9-11(2)3)12(4)10-22(13)16/h6-7,10-11H,8-9H2,1-5H3/b7-6+. The van der Waals surface area contributed by atoms with Crippen LogP contribution < -0.4 is 11.2 Å². The molecule has 3 aromatic heterocycles. The Hall–Kier alpha value is -2.57. The Morgan fingerprint density at radius 1 is 1.25 bits per heavy atom. The Labute approximate surface area is 139 Å². The molecule has 7 heteroatoms. The number of fused-ring (bicyclic) bond motifs is 3. The van der Waals surface area contributed by atoms with Gasteiger partial charge in [0.05, 0.1) is 0 Å². The predicted molar refractivity (Wildman–Crippen MR) is 94.6 cm³/mol. The van der Waals surface area contributed by atoms with Gasteiger partial charge in [0, 0.05) is 32.0 Å². The average Bonchev–Trinajstić information content (AvgIpc) is 3.02. The number of hydrogen-bond donors (Lipinski definition) is 0. The van der Waals surface area contributed by atoms with E-state index in [9.17, 15) is 9.59 Å². The molecular formula is C17H23N5O2. The van der Waals surface area contributed by atoms with E-state index < -0.39 is 0 Å². The molecule has 0 aromatic carbocycles. The zero-order valence-electron chi connectivity index (χ0n) is 14.8. The highest BCUT2D eigenvalue weighted by molar-refractivity contribution is 5.75. The number of aromatic nitrogens is 5. The van der Waals surface area contributed by atoms with Gasteiger partial charge >= 0.3 is 5.69 Å². The zero-order chi connectivity index (χ0) is 17.6. The van der Waals surface area contributed by atoms with E-state index in [0.717, 1.165) is 12.2 Å². The molecule has 0 saturated heterocycles. The lowest BCUT2D eigenvalue weighted by atomic mass is 10.2. The van der Waals surface area contributed by atoms with Crippen molar-refractivity contribution in [2.24, 2.45) is 13.0 Å². The molecule has 24 heavy (non-hydrogen) atoms.